The first kappa shape index (κ1) is 103. The van der Waals surface area contributed by atoms with Crippen LogP contribution in [-0.2, 0) is 73.3 Å². The van der Waals surface area contributed by atoms with Crippen molar-refractivity contribution < 1.29 is 95.5 Å². The molecule has 5 aliphatic heterocycles. The smallest absolute Gasteiger partial charge is 0.422 e. The molecule has 1 amide bonds. The number of benzene rings is 4. The van der Waals surface area contributed by atoms with E-state index in [2.05, 4.69) is 161 Å². The highest BCUT2D eigenvalue weighted by atomic mass is 16.6. The van der Waals surface area contributed by atoms with Gasteiger partial charge in [0.05, 0.1) is 77.4 Å². The standard InChI is InChI=1S/C32H48O9.C25H38N2O3.C25H35NO3.C24H32O5/c1-6-7-8-9-24-21-27(29-25-20-23(2)10-11-26(25)32(3,4)41-28(29)22-24)40-31(34)30(33)39-19-18-38-17-16-37-15-14-36-13-12-35-5;1-4-5-6-9-19-15-22-24(21-14-17(2)10-11-20(21)18(3)29-22)23(16-19)30-25(28)27-13-8-7-12-26;1-4-5-6-8-18-14-22-24(20-13-16(2)10-11-19(20)17(3)28-22)23(15-18)29-25(27)21-9-7-12-26-21;1-4-5-6-7-17-13-20-24(21(14-17)29-23(27)11-10-22(25)26)19-12-15(2)8-9-18(19)16(3)28-20/h20-22,25-26H,6-19H2,1-5H3;14-16,18,20-21H,4-13,26H2,1-3H3,(H,27,28);13-15,17,19-21,26H,4-12H2,1-3H3;12-14,16,18-19H,4-11H2,1-3H3,(H,25,26)/t25-,26-;18?,20-,21+;17?,19-,20+,21?;16?,18-,19+/m1000/s1. The number of aliphatic carboxylic acids is 1. The van der Waals surface area contributed by atoms with Crippen molar-refractivity contribution in [2.45, 2.75) is 336 Å². The Labute approximate surface area is 768 Å². The van der Waals surface area contributed by atoms with Gasteiger partial charge in [0, 0.05) is 83.3 Å². The van der Waals surface area contributed by atoms with E-state index in [0.717, 1.165) is 223 Å². The highest BCUT2D eigenvalue weighted by Crippen LogP contribution is 2.57. The monoisotopic (exact) mass is 1790 g/mol. The van der Waals surface area contributed by atoms with E-state index in [-0.39, 0.29) is 91.6 Å². The average molecular weight is 1790 g/mol. The topological polar surface area (TPSA) is 293 Å². The van der Waals surface area contributed by atoms with Gasteiger partial charge in [0.15, 0.2) is 0 Å². The molecule has 1 fully saturated rings. The first-order valence-corrected chi connectivity index (χ1v) is 48.9. The number of aryl methyl sites for hydroxylation is 4. The minimum absolute atomic E-state index is 0.0403. The highest BCUT2D eigenvalue weighted by molar-refractivity contribution is 6.30. The van der Waals surface area contributed by atoms with Crippen molar-refractivity contribution in [3.8, 4) is 46.0 Å². The minimum Gasteiger partial charge on any atom is -0.490 e. The molecular weight excluding hydrogens is 1640 g/mol. The average Bonchev–Trinajstić information content (AvgIpc) is 0.810. The molecule has 12 atom stereocenters. The number of unbranched alkanes of at least 4 members (excludes halogenated alkanes) is 9. The van der Waals surface area contributed by atoms with Crippen LogP contribution in [0.4, 0.5) is 4.79 Å². The maximum Gasteiger partial charge on any atom is 0.422 e. The van der Waals surface area contributed by atoms with Gasteiger partial charge < -0.3 is 83.1 Å². The summed E-state index contributed by atoms with van der Waals surface area (Å²) < 4.78 is 75.1. The lowest BCUT2D eigenvalue weighted by Crippen LogP contribution is -2.45. The highest BCUT2D eigenvalue weighted by Gasteiger charge is 2.48. The van der Waals surface area contributed by atoms with Crippen LogP contribution in [-0.4, -0.2) is 151 Å². The summed E-state index contributed by atoms with van der Waals surface area (Å²) >= 11 is 0. The molecule has 4 unspecified atom stereocenters. The molecule has 4 aromatic rings. The number of carbonyl (C=O) groups is 6. The van der Waals surface area contributed by atoms with E-state index in [0.29, 0.717) is 87.7 Å². The van der Waals surface area contributed by atoms with Crippen LogP contribution in [0.15, 0.2) is 95.1 Å². The maximum atomic E-state index is 12.8. The fraction of sp³-hybridized carbons (Fsp3) is 0.642. The van der Waals surface area contributed by atoms with Crippen molar-refractivity contribution in [3.63, 3.8) is 0 Å². The summed E-state index contributed by atoms with van der Waals surface area (Å²) in [6, 6.07) is 16.4. The third-order valence-corrected chi connectivity index (χ3v) is 26.8. The molecule has 0 bridgehead atoms. The predicted molar refractivity (Wildman–Crippen MR) is 503 cm³/mol. The Bertz CT molecular complexity index is 4460. The molecule has 5 heterocycles. The third-order valence-electron chi connectivity index (χ3n) is 26.8. The number of amides is 1. The van der Waals surface area contributed by atoms with Crippen LogP contribution in [0, 0.1) is 23.7 Å². The van der Waals surface area contributed by atoms with Crippen molar-refractivity contribution in [2.75, 3.05) is 79.6 Å². The van der Waals surface area contributed by atoms with Gasteiger partial charge in [-0.1, -0.05) is 126 Å². The molecular formula is C106H153N3O20. The van der Waals surface area contributed by atoms with Crippen LogP contribution in [0.2, 0.25) is 0 Å². The Morgan fingerprint density at radius 1 is 0.465 bits per heavy atom. The Morgan fingerprint density at radius 3 is 1.29 bits per heavy atom. The first-order chi connectivity index (χ1) is 62.2. The molecule has 23 heteroatoms. The zero-order chi connectivity index (χ0) is 92.5. The zero-order valence-corrected chi connectivity index (χ0v) is 80.1. The number of carboxylic acid groups (broad SMARTS) is 1. The molecule has 0 radical (unpaired) electrons. The van der Waals surface area contributed by atoms with E-state index in [1.807, 2.05) is 12.1 Å². The van der Waals surface area contributed by atoms with E-state index < -0.39 is 30.0 Å². The van der Waals surface area contributed by atoms with Gasteiger partial charge in [-0.15, -0.1) is 0 Å². The largest absolute Gasteiger partial charge is 0.490 e. The van der Waals surface area contributed by atoms with E-state index in [9.17, 15) is 28.8 Å². The maximum absolute atomic E-state index is 12.8. The molecule has 0 saturated carbocycles. The summed E-state index contributed by atoms with van der Waals surface area (Å²) in [5.41, 5.74) is 19.1. The van der Waals surface area contributed by atoms with Gasteiger partial charge >= 0.3 is 35.9 Å². The molecule has 9 aliphatic rings. The molecule has 0 spiro atoms. The van der Waals surface area contributed by atoms with Gasteiger partial charge in [0.25, 0.3) is 0 Å². The molecule has 712 valence electrons. The molecule has 23 nitrogen and oxygen atoms in total. The van der Waals surface area contributed by atoms with Crippen LogP contribution >= 0.6 is 0 Å². The third kappa shape index (κ3) is 30.0. The number of nitrogens with two attached hydrogens (primary N) is 1. The molecule has 13 rings (SSSR count). The second kappa shape index (κ2) is 52.0. The van der Waals surface area contributed by atoms with Gasteiger partial charge in [-0.05, 0) is 275 Å². The van der Waals surface area contributed by atoms with Crippen molar-refractivity contribution in [2.24, 2.45) is 29.4 Å². The number of fused-ring (bicyclic) bond motifs is 12. The number of rotatable bonds is 40. The SMILES string of the molecule is CCCCCc1cc(OC(=O)C(=O)OCCOCCOCCOCCOC)c2c(c1)OC(C)(C)[C@@H]1CCC(C)=C[C@@H]21.CCCCCc1cc(OC(=O)C2CCCN2)c2c(c1)OC(C)[C@@H]1CCC(C)=C[C@@H]21.CCCCCc1cc(OC(=O)CCC(=O)O)c2c(c1)OC(C)[C@@H]1CCC(C)=C[C@@H]21.CCCCCc1cc(OC(=O)NCCCCN)c2c(c1)OC(C)[C@@H]1CCC(C)=C[C@@H]21. The van der Waals surface area contributed by atoms with Crippen LogP contribution in [0.25, 0.3) is 0 Å². The zero-order valence-electron chi connectivity index (χ0n) is 80.1. The van der Waals surface area contributed by atoms with Gasteiger partial charge in [-0.2, -0.15) is 0 Å². The van der Waals surface area contributed by atoms with Crippen LogP contribution in [0.3, 0.4) is 0 Å². The summed E-state index contributed by atoms with van der Waals surface area (Å²) in [6.45, 7) is 33.1. The number of methoxy groups -OCH3 is 1. The second-order valence-electron chi connectivity index (χ2n) is 37.5. The second-order valence-corrected chi connectivity index (χ2v) is 37.5. The van der Waals surface area contributed by atoms with Crippen molar-refractivity contribution >= 4 is 35.9 Å². The van der Waals surface area contributed by atoms with Crippen LogP contribution in [0.1, 0.15) is 325 Å². The normalized spacial score (nSPS) is 22.7. The number of esters is 4. The molecule has 129 heavy (non-hydrogen) atoms. The molecule has 4 aromatic carbocycles. The Hall–Kier alpha value is -8.58. The summed E-state index contributed by atoms with van der Waals surface area (Å²) in [4.78, 5) is 73.8. The van der Waals surface area contributed by atoms with Crippen molar-refractivity contribution in [3.05, 3.63) is 140 Å². The Balaban J connectivity index is 0.000000181. The van der Waals surface area contributed by atoms with E-state index in [4.69, 9.17) is 72.4 Å². The summed E-state index contributed by atoms with van der Waals surface area (Å²) in [6.07, 6.45) is 38.6. The minimum atomic E-state index is -1.05. The molecule has 1 saturated heterocycles. The first-order valence-electron chi connectivity index (χ1n) is 48.9. The van der Waals surface area contributed by atoms with Crippen molar-refractivity contribution in [1.29, 1.82) is 0 Å². The molecule has 4 aliphatic carbocycles. The van der Waals surface area contributed by atoms with E-state index >= 15 is 0 Å². The van der Waals surface area contributed by atoms with E-state index in [1.165, 1.54) is 59.1 Å². The number of ether oxygens (including phenoxy) is 13. The quantitative estimate of drug-likeness (QED) is 0.0106. The lowest BCUT2D eigenvalue weighted by Gasteiger charge is -2.46. The lowest BCUT2D eigenvalue weighted by atomic mass is 9.68. The van der Waals surface area contributed by atoms with Crippen LogP contribution < -0.4 is 54.3 Å². The number of allylic oxidation sites excluding steroid dienone is 8. The summed E-state index contributed by atoms with van der Waals surface area (Å²) in [5.74, 6) is 4.04. The van der Waals surface area contributed by atoms with Gasteiger partial charge in [-0.25, -0.2) is 19.2 Å². The van der Waals surface area contributed by atoms with Crippen molar-refractivity contribution in [1.82, 2.24) is 10.6 Å². The fourth-order valence-corrected chi connectivity index (χ4v) is 19.8. The fourth-order valence-electron chi connectivity index (χ4n) is 19.8. The van der Waals surface area contributed by atoms with Crippen LogP contribution in [0.5, 0.6) is 46.0 Å². The number of carboxylic acids is 1. The van der Waals surface area contributed by atoms with Gasteiger partial charge in [-0.3, -0.25) is 9.59 Å². The molecule has 5 N–H and O–H groups in total. The Morgan fingerprint density at radius 2 is 0.868 bits per heavy atom. The summed E-state index contributed by atoms with van der Waals surface area (Å²) in [7, 11) is 1.62. The van der Waals surface area contributed by atoms with Gasteiger partial charge in [0.1, 0.15) is 64.2 Å². The number of hydrogen-bond acceptors (Lipinski definition) is 21. The number of nitrogens with one attached hydrogen (secondary N) is 2. The predicted octanol–water partition coefficient (Wildman–Crippen LogP) is 21.4. The lowest BCUT2D eigenvalue weighted by molar-refractivity contribution is -0.163. The number of hydrogen-bond donors (Lipinski definition) is 4. The molecule has 0 aromatic heterocycles. The van der Waals surface area contributed by atoms with Gasteiger partial charge in [0.2, 0.25) is 0 Å². The van der Waals surface area contributed by atoms with E-state index in [1.54, 1.807) is 7.11 Å². The Kier molecular flexibility index (Phi) is 41.3. The summed E-state index contributed by atoms with van der Waals surface area (Å²) in [5, 5.41) is 15.0. The number of carbonyl (C=O) groups excluding carboxylic acids is 5.